The number of rotatable bonds is 0. The highest BCUT2D eigenvalue weighted by atomic mass is 16.3. The van der Waals surface area contributed by atoms with Crippen LogP contribution >= 0.6 is 0 Å². The van der Waals surface area contributed by atoms with Crippen LogP contribution in [-0.4, -0.2) is 11.2 Å². The minimum atomic E-state index is 0.0324. The topological polar surface area (TPSA) is 20.2 Å². The molecule has 0 aromatic heterocycles. The summed E-state index contributed by atoms with van der Waals surface area (Å²) in [5, 5.41) is 8.72. The first-order valence-corrected chi connectivity index (χ1v) is 2.49. The average Bonchev–Trinajstić information content (AvgIpc) is 1.61. The normalized spacial score (nSPS) is 45.0. The molecule has 0 saturated heterocycles. The van der Waals surface area contributed by atoms with Gasteiger partial charge in [-0.15, -0.1) is 0 Å². The zero-order valence-electron chi connectivity index (χ0n) is 4.02. The van der Waals surface area contributed by atoms with Gasteiger partial charge in [0.25, 0.3) is 0 Å². The molecule has 1 nitrogen and oxygen atoms in total. The van der Waals surface area contributed by atoms with E-state index in [1.807, 2.05) is 0 Å². The lowest BCUT2D eigenvalue weighted by Crippen LogP contribution is -2.27. The third-order valence-corrected chi connectivity index (χ3v) is 1.57. The van der Waals surface area contributed by atoms with Crippen LogP contribution in [0.25, 0.3) is 0 Å². The number of aliphatic hydroxyl groups is 1. The molecule has 36 valence electrons. The smallest absolute Gasteiger partial charge is 0.0565 e. The van der Waals surface area contributed by atoms with Gasteiger partial charge in [-0.25, -0.2) is 0 Å². The van der Waals surface area contributed by atoms with Crippen molar-refractivity contribution in [3.05, 3.63) is 0 Å². The Labute approximate surface area is 38.0 Å². The van der Waals surface area contributed by atoms with Crippen LogP contribution < -0.4 is 0 Å². The fraction of sp³-hybridized carbons (Fsp3) is 1.00. The van der Waals surface area contributed by atoms with E-state index in [0.717, 1.165) is 6.42 Å². The number of aliphatic hydroxyl groups excluding tert-OH is 1. The van der Waals surface area contributed by atoms with E-state index in [4.69, 9.17) is 5.11 Å². The lowest BCUT2D eigenvalue weighted by molar-refractivity contribution is 0.0346. The molecule has 1 aliphatic carbocycles. The zero-order valence-corrected chi connectivity index (χ0v) is 4.02. The van der Waals surface area contributed by atoms with Crippen LogP contribution in [0.2, 0.25) is 0 Å². The molecule has 2 unspecified atom stereocenters. The van der Waals surface area contributed by atoms with E-state index in [-0.39, 0.29) is 6.10 Å². The van der Waals surface area contributed by atoms with Crippen LogP contribution in [0.4, 0.5) is 0 Å². The highest BCUT2D eigenvalue weighted by Gasteiger charge is 2.23. The van der Waals surface area contributed by atoms with Gasteiger partial charge in [0.1, 0.15) is 0 Å². The Hall–Kier alpha value is -0.0400. The summed E-state index contributed by atoms with van der Waals surface area (Å²) in [5.41, 5.74) is 0. The maximum Gasteiger partial charge on any atom is 0.0565 e. The molecule has 0 aromatic carbocycles. The fourth-order valence-corrected chi connectivity index (χ4v) is 0.649. The molecule has 0 amide bonds. The summed E-state index contributed by atoms with van der Waals surface area (Å²) in [4.78, 5) is 0. The second-order valence-corrected chi connectivity index (χ2v) is 2.12. The van der Waals surface area contributed by atoms with Crippen molar-refractivity contribution in [1.82, 2.24) is 0 Å². The quantitative estimate of drug-likeness (QED) is 0.462. The molecule has 1 fully saturated rings. The third-order valence-electron chi connectivity index (χ3n) is 1.57. The zero-order chi connectivity index (χ0) is 4.57. The molecule has 0 heterocycles. The van der Waals surface area contributed by atoms with Gasteiger partial charge in [0.05, 0.1) is 6.10 Å². The van der Waals surface area contributed by atoms with Gasteiger partial charge in [0.2, 0.25) is 0 Å². The number of hydrogen-bond acceptors (Lipinski definition) is 1. The lowest BCUT2D eigenvalue weighted by atomic mass is 9.84. The summed E-state index contributed by atoms with van der Waals surface area (Å²) in [5.74, 6) is 0.588. The van der Waals surface area contributed by atoms with E-state index in [1.54, 1.807) is 0 Å². The van der Waals surface area contributed by atoms with Gasteiger partial charge < -0.3 is 5.11 Å². The molecule has 0 aromatic rings. The minimum absolute atomic E-state index is 0.0324. The van der Waals surface area contributed by atoms with E-state index in [0.29, 0.717) is 5.92 Å². The fourth-order valence-electron chi connectivity index (χ4n) is 0.649. The highest BCUT2D eigenvalue weighted by molar-refractivity contribution is 4.74. The summed E-state index contributed by atoms with van der Waals surface area (Å²) in [6, 6.07) is 0. The minimum Gasteiger partial charge on any atom is -0.393 e. The van der Waals surface area contributed by atoms with E-state index in [9.17, 15) is 0 Å². The molecule has 1 heteroatoms. The van der Waals surface area contributed by atoms with Crippen LogP contribution in [-0.2, 0) is 0 Å². The Morgan fingerprint density at radius 1 is 1.50 bits per heavy atom. The first-order valence-electron chi connectivity index (χ1n) is 2.49. The van der Waals surface area contributed by atoms with Crippen molar-refractivity contribution >= 4 is 0 Å². The Bertz CT molecular complexity index is 43.9. The molecular weight excluding hydrogens is 76.1 g/mol. The monoisotopic (exact) mass is 86.1 g/mol. The second-order valence-electron chi connectivity index (χ2n) is 2.12. The molecule has 1 rings (SSSR count). The standard InChI is InChI=1S/C5H10O/c1-4-2-3-5(4)6/h4-6H,2-3H2,1H3. The van der Waals surface area contributed by atoms with Crippen LogP contribution in [0.15, 0.2) is 0 Å². The van der Waals surface area contributed by atoms with Gasteiger partial charge >= 0.3 is 0 Å². The molecule has 1 aliphatic rings. The molecule has 1 N–H and O–H groups in total. The largest absolute Gasteiger partial charge is 0.393 e. The molecule has 0 aliphatic heterocycles. The van der Waals surface area contributed by atoms with Crippen molar-refractivity contribution in [2.75, 3.05) is 0 Å². The molecule has 1 saturated carbocycles. The summed E-state index contributed by atoms with van der Waals surface area (Å²) >= 11 is 0. The maximum atomic E-state index is 8.72. The van der Waals surface area contributed by atoms with Crippen LogP contribution in [0, 0.1) is 5.92 Å². The van der Waals surface area contributed by atoms with Crippen molar-refractivity contribution < 1.29 is 5.11 Å². The van der Waals surface area contributed by atoms with Gasteiger partial charge in [0, 0.05) is 0 Å². The predicted molar refractivity (Wildman–Crippen MR) is 24.4 cm³/mol. The molecule has 0 spiro atoms. The SMILES string of the molecule is CC1CCC1O. The van der Waals surface area contributed by atoms with Crippen LogP contribution in [0.3, 0.4) is 0 Å². The van der Waals surface area contributed by atoms with Gasteiger partial charge in [-0.2, -0.15) is 0 Å². The number of hydrogen-bond donors (Lipinski definition) is 1. The van der Waals surface area contributed by atoms with E-state index >= 15 is 0 Å². The highest BCUT2D eigenvalue weighted by Crippen LogP contribution is 2.25. The summed E-state index contributed by atoms with van der Waals surface area (Å²) in [7, 11) is 0. The van der Waals surface area contributed by atoms with E-state index < -0.39 is 0 Å². The molecule has 0 bridgehead atoms. The van der Waals surface area contributed by atoms with Crippen molar-refractivity contribution in [1.29, 1.82) is 0 Å². The van der Waals surface area contributed by atoms with Crippen molar-refractivity contribution in [2.24, 2.45) is 5.92 Å². The first-order chi connectivity index (χ1) is 2.80. The second kappa shape index (κ2) is 1.23. The molecular formula is C5H10O. The third kappa shape index (κ3) is 0.432. The molecule has 2 atom stereocenters. The van der Waals surface area contributed by atoms with E-state index in [1.165, 1.54) is 6.42 Å². The van der Waals surface area contributed by atoms with Crippen molar-refractivity contribution in [3.63, 3.8) is 0 Å². The summed E-state index contributed by atoms with van der Waals surface area (Å²) in [6.45, 7) is 2.08. The van der Waals surface area contributed by atoms with Gasteiger partial charge in [-0.3, -0.25) is 0 Å². The first kappa shape index (κ1) is 4.13. The molecule has 0 radical (unpaired) electrons. The van der Waals surface area contributed by atoms with Crippen LogP contribution in [0.1, 0.15) is 19.8 Å². The Kier molecular flexibility index (Phi) is 0.845. The van der Waals surface area contributed by atoms with Crippen molar-refractivity contribution in [3.8, 4) is 0 Å². The Balaban J connectivity index is 2.20. The Morgan fingerprint density at radius 3 is 2.00 bits per heavy atom. The maximum absolute atomic E-state index is 8.72. The molecule has 6 heavy (non-hydrogen) atoms. The lowest BCUT2D eigenvalue weighted by Gasteiger charge is -2.28. The summed E-state index contributed by atoms with van der Waals surface area (Å²) < 4.78 is 0. The Morgan fingerprint density at radius 2 is 2.00 bits per heavy atom. The van der Waals surface area contributed by atoms with Gasteiger partial charge in [-0.05, 0) is 18.8 Å². The van der Waals surface area contributed by atoms with Gasteiger partial charge in [0.15, 0.2) is 0 Å². The van der Waals surface area contributed by atoms with Crippen LogP contribution in [0.5, 0.6) is 0 Å². The van der Waals surface area contributed by atoms with Gasteiger partial charge in [-0.1, -0.05) is 6.92 Å². The van der Waals surface area contributed by atoms with Crippen molar-refractivity contribution in [2.45, 2.75) is 25.9 Å². The average molecular weight is 86.1 g/mol. The predicted octanol–water partition coefficient (Wildman–Crippen LogP) is 0.777. The summed E-state index contributed by atoms with van der Waals surface area (Å²) in [6.07, 6.45) is 2.28. The van der Waals surface area contributed by atoms with E-state index in [2.05, 4.69) is 6.92 Å².